The lowest BCUT2D eigenvalue weighted by Gasteiger charge is -2.34. The van der Waals surface area contributed by atoms with Gasteiger partial charge in [-0.25, -0.2) is 9.18 Å². The normalized spacial score (nSPS) is 15.0. The van der Waals surface area contributed by atoms with Crippen LogP contribution in [0.4, 0.5) is 9.18 Å². The predicted molar refractivity (Wildman–Crippen MR) is 82.8 cm³/mol. The molecule has 0 spiro atoms. The van der Waals surface area contributed by atoms with Crippen molar-refractivity contribution in [2.75, 3.05) is 32.8 Å². The highest BCUT2D eigenvalue weighted by atomic mass is 19.1. The topological polar surface area (TPSA) is 65.6 Å². The maximum absolute atomic E-state index is 13.2. The van der Waals surface area contributed by atoms with Crippen LogP contribution in [0.5, 0.6) is 0 Å². The first-order valence-electron chi connectivity index (χ1n) is 7.57. The van der Waals surface area contributed by atoms with E-state index >= 15 is 0 Å². The van der Waals surface area contributed by atoms with E-state index in [9.17, 15) is 14.0 Å². The van der Waals surface area contributed by atoms with Gasteiger partial charge in [-0.15, -0.1) is 0 Å². The summed E-state index contributed by atoms with van der Waals surface area (Å²) in [5, 5.41) is 0.698. The van der Waals surface area contributed by atoms with Gasteiger partial charge in [0.05, 0.1) is 12.2 Å². The number of amides is 2. The fourth-order valence-corrected chi connectivity index (χ4v) is 2.75. The number of aromatic nitrogens is 1. The number of carbonyl (C=O) groups is 2. The first-order chi connectivity index (χ1) is 11.1. The average molecular weight is 319 g/mol. The molecule has 23 heavy (non-hydrogen) atoms. The molecule has 0 radical (unpaired) electrons. The third-order valence-electron chi connectivity index (χ3n) is 3.97. The molecule has 3 rings (SSSR count). The number of nitrogens with one attached hydrogen (secondary N) is 1. The Balaban J connectivity index is 1.70. The molecule has 122 valence electrons. The molecule has 0 saturated carbocycles. The van der Waals surface area contributed by atoms with Gasteiger partial charge >= 0.3 is 6.09 Å². The van der Waals surface area contributed by atoms with Crippen molar-refractivity contribution in [1.82, 2.24) is 14.8 Å². The Morgan fingerprint density at radius 3 is 2.61 bits per heavy atom. The van der Waals surface area contributed by atoms with Crippen molar-refractivity contribution in [3.63, 3.8) is 0 Å². The van der Waals surface area contributed by atoms with Crippen molar-refractivity contribution in [3.8, 4) is 0 Å². The molecule has 1 fully saturated rings. The number of aromatic amines is 1. The Kier molecular flexibility index (Phi) is 4.18. The molecule has 2 aromatic rings. The zero-order chi connectivity index (χ0) is 16.4. The molecule has 0 bridgehead atoms. The van der Waals surface area contributed by atoms with Crippen molar-refractivity contribution in [1.29, 1.82) is 0 Å². The van der Waals surface area contributed by atoms with Crippen LogP contribution in [-0.4, -0.2) is 59.6 Å². The van der Waals surface area contributed by atoms with Gasteiger partial charge in [0.1, 0.15) is 5.82 Å². The lowest BCUT2D eigenvalue weighted by atomic mass is 10.1. The van der Waals surface area contributed by atoms with Gasteiger partial charge < -0.3 is 19.5 Å². The molecule has 1 aliphatic heterocycles. The Bertz CT molecular complexity index is 735. The minimum Gasteiger partial charge on any atom is -0.450 e. The minimum atomic E-state index is -0.346. The Labute approximate surface area is 132 Å². The van der Waals surface area contributed by atoms with E-state index in [0.717, 1.165) is 0 Å². The number of piperazine rings is 1. The second-order valence-corrected chi connectivity index (χ2v) is 5.37. The zero-order valence-electron chi connectivity index (χ0n) is 12.8. The molecule has 7 heteroatoms. The van der Waals surface area contributed by atoms with Crippen LogP contribution in [0.2, 0.25) is 0 Å². The van der Waals surface area contributed by atoms with Crippen LogP contribution in [-0.2, 0) is 4.74 Å². The number of hydrogen-bond donors (Lipinski definition) is 1. The first-order valence-corrected chi connectivity index (χ1v) is 7.57. The van der Waals surface area contributed by atoms with E-state index < -0.39 is 0 Å². The smallest absolute Gasteiger partial charge is 0.409 e. The number of nitrogens with zero attached hydrogens (tertiary/aromatic N) is 2. The van der Waals surface area contributed by atoms with Gasteiger partial charge in [-0.05, 0) is 25.1 Å². The molecule has 1 N–H and O–H groups in total. The number of H-pyrrole nitrogens is 1. The second-order valence-electron chi connectivity index (χ2n) is 5.37. The van der Waals surface area contributed by atoms with Gasteiger partial charge in [0.2, 0.25) is 0 Å². The van der Waals surface area contributed by atoms with Crippen molar-refractivity contribution in [2.45, 2.75) is 6.92 Å². The minimum absolute atomic E-state index is 0.119. The van der Waals surface area contributed by atoms with Crippen molar-refractivity contribution in [2.24, 2.45) is 0 Å². The number of fused-ring (bicyclic) bond motifs is 1. The fraction of sp³-hybridized carbons (Fsp3) is 0.375. The molecule has 2 heterocycles. The maximum Gasteiger partial charge on any atom is 0.409 e. The standard InChI is InChI=1S/C16H18FN3O3/c1-2-23-16(22)20-7-5-19(6-8-20)15(21)13-10-18-14-9-11(17)3-4-12(13)14/h3-4,9-10,18H,2,5-8H2,1H3. The molecule has 0 unspecified atom stereocenters. The lowest BCUT2D eigenvalue weighted by Crippen LogP contribution is -2.50. The second kappa shape index (κ2) is 6.28. The summed E-state index contributed by atoms with van der Waals surface area (Å²) in [6, 6.07) is 4.31. The Morgan fingerprint density at radius 1 is 1.22 bits per heavy atom. The van der Waals surface area contributed by atoms with E-state index in [4.69, 9.17) is 4.74 Å². The van der Waals surface area contributed by atoms with Crippen LogP contribution in [0.15, 0.2) is 24.4 Å². The van der Waals surface area contributed by atoms with Gasteiger partial charge in [0.25, 0.3) is 5.91 Å². The molecule has 1 aliphatic rings. The fourth-order valence-electron chi connectivity index (χ4n) is 2.75. The van der Waals surface area contributed by atoms with Crippen molar-refractivity contribution >= 4 is 22.9 Å². The van der Waals surface area contributed by atoms with Crippen LogP contribution in [0.1, 0.15) is 17.3 Å². The molecular weight excluding hydrogens is 301 g/mol. The van der Waals surface area contributed by atoms with E-state index in [1.54, 1.807) is 29.0 Å². The molecule has 0 atom stereocenters. The zero-order valence-corrected chi connectivity index (χ0v) is 12.8. The summed E-state index contributed by atoms with van der Waals surface area (Å²) in [7, 11) is 0. The molecule has 0 aliphatic carbocycles. The lowest BCUT2D eigenvalue weighted by molar-refractivity contribution is 0.0572. The summed E-state index contributed by atoms with van der Waals surface area (Å²) < 4.78 is 18.2. The Hall–Kier alpha value is -2.57. The highest BCUT2D eigenvalue weighted by Crippen LogP contribution is 2.21. The summed E-state index contributed by atoms with van der Waals surface area (Å²) in [6.07, 6.45) is 1.26. The van der Waals surface area contributed by atoms with Gasteiger partial charge in [-0.1, -0.05) is 0 Å². The van der Waals surface area contributed by atoms with E-state index in [0.29, 0.717) is 49.3 Å². The molecule has 6 nitrogen and oxygen atoms in total. The molecule has 2 amide bonds. The van der Waals surface area contributed by atoms with Gasteiger partial charge in [0.15, 0.2) is 0 Å². The maximum atomic E-state index is 13.2. The highest BCUT2D eigenvalue weighted by Gasteiger charge is 2.26. The van der Waals surface area contributed by atoms with E-state index in [2.05, 4.69) is 4.98 Å². The summed E-state index contributed by atoms with van der Waals surface area (Å²) in [5.41, 5.74) is 1.11. The number of ether oxygens (including phenoxy) is 1. The largest absolute Gasteiger partial charge is 0.450 e. The number of rotatable bonds is 2. The van der Waals surface area contributed by atoms with E-state index in [1.165, 1.54) is 12.1 Å². The van der Waals surface area contributed by atoms with Gasteiger partial charge in [-0.2, -0.15) is 0 Å². The molecular formula is C16H18FN3O3. The van der Waals surface area contributed by atoms with Gasteiger partial charge in [-0.3, -0.25) is 4.79 Å². The van der Waals surface area contributed by atoms with E-state index in [-0.39, 0.29) is 17.8 Å². The van der Waals surface area contributed by atoms with Crippen LogP contribution < -0.4 is 0 Å². The number of halogens is 1. The first kappa shape index (κ1) is 15.3. The van der Waals surface area contributed by atoms with Crippen molar-refractivity contribution < 1.29 is 18.7 Å². The highest BCUT2D eigenvalue weighted by molar-refractivity contribution is 6.06. The van der Waals surface area contributed by atoms with Crippen molar-refractivity contribution in [3.05, 3.63) is 35.8 Å². The van der Waals surface area contributed by atoms with Crippen LogP contribution in [0.3, 0.4) is 0 Å². The quantitative estimate of drug-likeness (QED) is 0.923. The number of hydrogen-bond acceptors (Lipinski definition) is 3. The monoisotopic (exact) mass is 319 g/mol. The van der Waals surface area contributed by atoms with Crippen LogP contribution >= 0.6 is 0 Å². The summed E-state index contributed by atoms with van der Waals surface area (Å²) in [4.78, 5) is 30.5. The Morgan fingerprint density at radius 2 is 1.91 bits per heavy atom. The van der Waals surface area contributed by atoms with Gasteiger partial charge in [0, 0.05) is 43.3 Å². The van der Waals surface area contributed by atoms with E-state index in [1.807, 2.05) is 0 Å². The summed E-state index contributed by atoms with van der Waals surface area (Å²) in [6.45, 7) is 3.89. The third-order valence-corrected chi connectivity index (χ3v) is 3.97. The molecule has 1 aromatic heterocycles. The van der Waals surface area contributed by atoms with Crippen LogP contribution in [0.25, 0.3) is 10.9 Å². The number of benzene rings is 1. The average Bonchev–Trinajstić information content (AvgIpc) is 2.97. The summed E-state index contributed by atoms with van der Waals surface area (Å²) >= 11 is 0. The molecule has 1 saturated heterocycles. The van der Waals surface area contributed by atoms with Crippen LogP contribution in [0, 0.1) is 5.82 Å². The predicted octanol–water partition coefficient (Wildman–Crippen LogP) is 2.22. The summed E-state index contributed by atoms with van der Waals surface area (Å²) in [5.74, 6) is -0.465. The number of carbonyl (C=O) groups excluding carboxylic acids is 2. The third kappa shape index (κ3) is 2.99. The molecule has 1 aromatic carbocycles. The SMILES string of the molecule is CCOC(=O)N1CCN(C(=O)c2c[nH]c3cc(F)ccc23)CC1.